The summed E-state index contributed by atoms with van der Waals surface area (Å²) in [4.78, 5) is 5.74. The van der Waals surface area contributed by atoms with Crippen LogP contribution in [0.5, 0.6) is 5.75 Å². The van der Waals surface area contributed by atoms with Crippen molar-refractivity contribution in [3.63, 3.8) is 0 Å². The quantitative estimate of drug-likeness (QED) is 0.497. The number of ether oxygens (including phenoxy) is 2. The smallest absolute Gasteiger partial charge is 0.190 e. The Labute approximate surface area is 178 Å². The molecule has 3 aromatic rings. The predicted molar refractivity (Wildman–Crippen MR) is 115 cm³/mol. The Kier molecular flexibility index (Phi) is 6.07. The van der Waals surface area contributed by atoms with E-state index in [2.05, 4.69) is 9.95 Å². The first kappa shape index (κ1) is 19.5. The molecule has 2 aromatic carbocycles. The van der Waals surface area contributed by atoms with E-state index < -0.39 is 0 Å². The molecule has 1 aliphatic heterocycles. The number of rotatable bonds is 5. The van der Waals surface area contributed by atoms with Crippen molar-refractivity contribution in [2.24, 2.45) is 4.99 Å². The summed E-state index contributed by atoms with van der Waals surface area (Å²) in [5.41, 5.74) is 2.73. The van der Waals surface area contributed by atoms with E-state index in [1.54, 1.807) is 24.5 Å². The second-order valence-electron chi connectivity index (χ2n) is 6.59. The topological polar surface area (TPSA) is 35.8 Å². The molecule has 1 atom stereocenters. The lowest BCUT2D eigenvalue weighted by molar-refractivity contribution is 0.0968. The lowest BCUT2D eigenvalue weighted by atomic mass is 10.1. The molecule has 4 rings (SSSR count). The Morgan fingerprint density at radius 2 is 2.14 bits per heavy atom. The molecule has 4 nitrogen and oxygen atoms in total. The minimum absolute atomic E-state index is 0.176. The molecule has 0 amide bonds. The van der Waals surface area contributed by atoms with E-state index in [1.807, 2.05) is 36.4 Å². The largest absolute Gasteiger partial charge is 0.497 e. The molecule has 0 aliphatic carbocycles. The molecule has 0 N–H and O–H groups in total. The van der Waals surface area contributed by atoms with Crippen LogP contribution < -0.4 is 9.54 Å². The molecule has 28 heavy (non-hydrogen) atoms. The molecule has 2 heterocycles. The fourth-order valence-corrected chi connectivity index (χ4v) is 4.60. The molecule has 1 fully saturated rings. The van der Waals surface area contributed by atoms with E-state index >= 15 is 0 Å². The SMILES string of the molecule is COc1cccc(N=c2scc(-c3cc(Cl)ccc3Cl)n2CC2CCCO2)c1. The maximum atomic E-state index is 6.48. The standard InChI is InChI=1S/C21H20Cl2N2O2S/c1-26-16-5-2-4-15(11-16)24-21-25(12-17-6-3-9-27-17)20(13-28-21)18-10-14(22)7-8-19(18)23/h2,4-5,7-8,10-11,13,17H,3,6,9,12H2,1H3. The van der Waals surface area contributed by atoms with Crippen molar-refractivity contribution in [2.75, 3.05) is 13.7 Å². The van der Waals surface area contributed by atoms with Gasteiger partial charge in [0.15, 0.2) is 4.80 Å². The van der Waals surface area contributed by atoms with E-state index in [0.29, 0.717) is 10.0 Å². The average Bonchev–Trinajstić information content (AvgIpc) is 3.35. The molecule has 1 unspecified atom stereocenters. The predicted octanol–water partition coefficient (Wildman–Crippen LogP) is 5.94. The first-order chi connectivity index (χ1) is 13.6. The van der Waals surface area contributed by atoms with Crippen LogP contribution in [0.2, 0.25) is 10.0 Å². The summed E-state index contributed by atoms with van der Waals surface area (Å²) in [5.74, 6) is 0.779. The number of halogens is 2. The molecule has 7 heteroatoms. The molecule has 146 valence electrons. The van der Waals surface area contributed by atoms with Crippen LogP contribution in [0.3, 0.4) is 0 Å². The number of nitrogens with zero attached hydrogens (tertiary/aromatic N) is 2. The molecule has 1 saturated heterocycles. The van der Waals surface area contributed by atoms with Gasteiger partial charge < -0.3 is 14.0 Å². The van der Waals surface area contributed by atoms with E-state index in [-0.39, 0.29) is 6.10 Å². The summed E-state index contributed by atoms with van der Waals surface area (Å²) in [6.07, 6.45) is 2.31. The maximum Gasteiger partial charge on any atom is 0.190 e. The van der Waals surface area contributed by atoms with Crippen LogP contribution in [0.15, 0.2) is 52.8 Å². The molecule has 0 saturated carbocycles. The second kappa shape index (κ2) is 8.70. The van der Waals surface area contributed by atoms with Crippen molar-refractivity contribution in [2.45, 2.75) is 25.5 Å². The fourth-order valence-electron chi connectivity index (χ4n) is 3.29. The van der Waals surface area contributed by atoms with Gasteiger partial charge in [-0.05, 0) is 43.2 Å². The van der Waals surface area contributed by atoms with Gasteiger partial charge in [-0.2, -0.15) is 0 Å². The third-order valence-electron chi connectivity index (χ3n) is 4.69. The van der Waals surface area contributed by atoms with Gasteiger partial charge in [0.05, 0.1) is 36.2 Å². The summed E-state index contributed by atoms with van der Waals surface area (Å²) in [6, 6.07) is 13.2. The summed E-state index contributed by atoms with van der Waals surface area (Å²) in [6.45, 7) is 1.54. The summed E-state index contributed by atoms with van der Waals surface area (Å²) >= 11 is 14.3. The van der Waals surface area contributed by atoms with Gasteiger partial charge in [0.2, 0.25) is 0 Å². The van der Waals surface area contributed by atoms with E-state index in [9.17, 15) is 0 Å². The summed E-state index contributed by atoms with van der Waals surface area (Å²) < 4.78 is 13.4. The fraction of sp³-hybridized carbons (Fsp3) is 0.286. The third-order valence-corrected chi connectivity index (χ3v) is 6.12. The highest BCUT2D eigenvalue weighted by molar-refractivity contribution is 7.07. The molecule has 0 bridgehead atoms. The molecular formula is C21H20Cl2N2O2S. The number of thiazole rings is 1. The number of hydrogen-bond acceptors (Lipinski definition) is 4. The molecule has 0 radical (unpaired) electrons. The zero-order valence-corrected chi connectivity index (χ0v) is 17.7. The van der Waals surface area contributed by atoms with Gasteiger partial charge in [0.25, 0.3) is 0 Å². The van der Waals surface area contributed by atoms with Crippen LogP contribution in [0.25, 0.3) is 11.3 Å². The van der Waals surface area contributed by atoms with E-state index in [1.165, 1.54) is 0 Å². The van der Waals surface area contributed by atoms with Crippen molar-refractivity contribution in [3.8, 4) is 17.0 Å². The van der Waals surface area contributed by atoms with Gasteiger partial charge in [0.1, 0.15) is 5.75 Å². The van der Waals surface area contributed by atoms with Crippen LogP contribution in [0, 0.1) is 0 Å². The molecule has 1 aliphatic rings. The monoisotopic (exact) mass is 434 g/mol. The zero-order chi connectivity index (χ0) is 19.5. The second-order valence-corrected chi connectivity index (χ2v) is 8.27. The minimum Gasteiger partial charge on any atom is -0.497 e. The van der Waals surface area contributed by atoms with Gasteiger partial charge in [-0.25, -0.2) is 4.99 Å². The Morgan fingerprint density at radius 1 is 1.25 bits per heavy atom. The van der Waals surface area contributed by atoms with Crippen molar-refractivity contribution in [3.05, 3.63) is 62.7 Å². The van der Waals surface area contributed by atoms with Gasteiger partial charge >= 0.3 is 0 Å². The highest BCUT2D eigenvalue weighted by Crippen LogP contribution is 2.32. The van der Waals surface area contributed by atoms with Crippen molar-refractivity contribution in [1.82, 2.24) is 4.57 Å². The third kappa shape index (κ3) is 4.28. The first-order valence-corrected chi connectivity index (χ1v) is 10.7. The van der Waals surface area contributed by atoms with Gasteiger partial charge in [-0.15, -0.1) is 11.3 Å². The lowest BCUT2D eigenvalue weighted by Gasteiger charge is -2.15. The van der Waals surface area contributed by atoms with E-state index in [0.717, 1.165) is 53.5 Å². The Hall–Kier alpha value is -1.79. The van der Waals surface area contributed by atoms with Crippen LogP contribution in [-0.4, -0.2) is 24.4 Å². The highest BCUT2D eigenvalue weighted by atomic mass is 35.5. The molecule has 0 spiro atoms. The van der Waals surface area contributed by atoms with Crippen molar-refractivity contribution in [1.29, 1.82) is 0 Å². The normalized spacial score (nSPS) is 17.2. The minimum atomic E-state index is 0.176. The van der Waals surface area contributed by atoms with Crippen LogP contribution in [0.4, 0.5) is 5.69 Å². The number of benzene rings is 2. The van der Waals surface area contributed by atoms with Gasteiger partial charge in [0, 0.05) is 28.6 Å². The molecule has 1 aromatic heterocycles. The van der Waals surface area contributed by atoms with Crippen molar-refractivity contribution >= 4 is 40.2 Å². The summed E-state index contributed by atoms with van der Waals surface area (Å²) in [5, 5.41) is 3.39. The number of methoxy groups -OCH3 is 1. The first-order valence-electron chi connectivity index (χ1n) is 9.08. The van der Waals surface area contributed by atoms with Crippen LogP contribution in [0.1, 0.15) is 12.8 Å². The zero-order valence-electron chi connectivity index (χ0n) is 15.4. The van der Waals surface area contributed by atoms with Crippen LogP contribution in [-0.2, 0) is 11.3 Å². The van der Waals surface area contributed by atoms with Gasteiger partial charge in [-0.1, -0.05) is 29.3 Å². The summed E-state index contributed by atoms with van der Waals surface area (Å²) in [7, 11) is 1.65. The Balaban J connectivity index is 1.83. The highest BCUT2D eigenvalue weighted by Gasteiger charge is 2.20. The number of hydrogen-bond donors (Lipinski definition) is 0. The van der Waals surface area contributed by atoms with E-state index in [4.69, 9.17) is 37.7 Å². The van der Waals surface area contributed by atoms with Gasteiger partial charge in [-0.3, -0.25) is 0 Å². The number of aromatic nitrogens is 1. The van der Waals surface area contributed by atoms with Crippen molar-refractivity contribution < 1.29 is 9.47 Å². The average molecular weight is 435 g/mol. The van der Waals surface area contributed by atoms with Crippen LogP contribution >= 0.6 is 34.5 Å². The maximum absolute atomic E-state index is 6.48. The molecular weight excluding hydrogens is 415 g/mol. The Morgan fingerprint density at radius 3 is 2.93 bits per heavy atom. The Bertz CT molecular complexity index is 1040. The lowest BCUT2D eigenvalue weighted by Crippen LogP contribution is -2.24.